The summed E-state index contributed by atoms with van der Waals surface area (Å²) in [5.41, 5.74) is -0.119. The molecule has 0 amide bonds. The van der Waals surface area contributed by atoms with E-state index in [9.17, 15) is 0 Å². The second-order valence-corrected chi connectivity index (χ2v) is 3.37. The predicted octanol–water partition coefficient (Wildman–Crippen LogP) is 2.36. The molecule has 2 unspecified atom stereocenters. The van der Waals surface area contributed by atoms with Gasteiger partial charge in [-0.15, -0.1) is 6.58 Å². The molecule has 0 saturated carbocycles. The Kier molecular flexibility index (Phi) is 6.00. The smallest absolute Gasteiger partial charge is 0.0839 e. The summed E-state index contributed by atoms with van der Waals surface area (Å²) in [6, 6.07) is 0.238. The van der Waals surface area contributed by atoms with Gasteiger partial charge in [-0.1, -0.05) is 19.9 Å². The fraction of sp³-hybridized carbons (Fsp3) is 0.818. The van der Waals surface area contributed by atoms with Crippen molar-refractivity contribution in [3.05, 3.63) is 12.7 Å². The molecule has 0 aromatic carbocycles. The maximum absolute atomic E-state index is 5.75. The predicted molar refractivity (Wildman–Crippen MR) is 58.0 cm³/mol. The minimum atomic E-state index is -0.119. The average molecular weight is 185 g/mol. The van der Waals surface area contributed by atoms with E-state index in [4.69, 9.17) is 4.74 Å². The van der Waals surface area contributed by atoms with Gasteiger partial charge < -0.3 is 10.1 Å². The largest absolute Gasteiger partial charge is 0.374 e. The van der Waals surface area contributed by atoms with E-state index in [1.165, 1.54) is 0 Å². The number of ether oxygens (including phenoxy) is 1. The van der Waals surface area contributed by atoms with E-state index in [2.05, 4.69) is 32.7 Å². The molecule has 0 aliphatic carbocycles. The van der Waals surface area contributed by atoms with Crippen LogP contribution in [0.4, 0.5) is 0 Å². The van der Waals surface area contributed by atoms with Crippen molar-refractivity contribution < 1.29 is 4.74 Å². The van der Waals surface area contributed by atoms with E-state index >= 15 is 0 Å². The van der Waals surface area contributed by atoms with Crippen molar-refractivity contribution in [3.63, 3.8) is 0 Å². The summed E-state index contributed by atoms with van der Waals surface area (Å²) in [5, 5.41) is 3.37. The van der Waals surface area contributed by atoms with Crippen molar-refractivity contribution in [2.24, 2.45) is 0 Å². The van der Waals surface area contributed by atoms with Gasteiger partial charge in [0.2, 0.25) is 0 Å². The van der Waals surface area contributed by atoms with E-state index in [1.54, 1.807) is 0 Å². The molecule has 0 bridgehead atoms. The molecule has 1 N–H and O–H groups in total. The molecule has 2 nitrogen and oxygen atoms in total. The van der Waals surface area contributed by atoms with Crippen LogP contribution in [0.15, 0.2) is 12.7 Å². The van der Waals surface area contributed by atoms with Crippen LogP contribution in [0.1, 0.15) is 34.1 Å². The summed E-state index contributed by atoms with van der Waals surface area (Å²) >= 11 is 0. The van der Waals surface area contributed by atoms with Gasteiger partial charge in [0.05, 0.1) is 11.6 Å². The summed E-state index contributed by atoms with van der Waals surface area (Å²) in [5.74, 6) is 0. The molecule has 0 aliphatic rings. The highest BCUT2D eigenvalue weighted by Gasteiger charge is 2.30. The maximum atomic E-state index is 5.75. The molecule has 0 rings (SSSR count). The van der Waals surface area contributed by atoms with Crippen LogP contribution in [0.2, 0.25) is 0 Å². The normalized spacial score (nSPS) is 17.8. The van der Waals surface area contributed by atoms with Gasteiger partial charge in [-0.3, -0.25) is 0 Å². The average Bonchev–Trinajstić information content (AvgIpc) is 2.14. The summed E-state index contributed by atoms with van der Waals surface area (Å²) in [6.07, 6.45) is 2.92. The van der Waals surface area contributed by atoms with Gasteiger partial charge in [0.15, 0.2) is 0 Å². The van der Waals surface area contributed by atoms with Crippen LogP contribution in [0.5, 0.6) is 0 Å². The van der Waals surface area contributed by atoms with Gasteiger partial charge in [-0.25, -0.2) is 0 Å². The molecule has 78 valence electrons. The summed E-state index contributed by atoms with van der Waals surface area (Å²) < 4.78 is 5.75. The van der Waals surface area contributed by atoms with Crippen molar-refractivity contribution in [2.45, 2.75) is 45.8 Å². The number of nitrogens with one attached hydrogen (secondary N) is 1. The lowest BCUT2D eigenvalue weighted by Gasteiger charge is -2.35. The minimum absolute atomic E-state index is 0.119. The Bertz CT molecular complexity index is 147. The van der Waals surface area contributed by atoms with Crippen LogP contribution in [-0.4, -0.2) is 24.8 Å². The SMILES string of the molecule is C=CC(NCC)C(C)(CC)OCC. The van der Waals surface area contributed by atoms with Crippen LogP contribution in [-0.2, 0) is 4.74 Å². The third-order valence-corrected chi connectivity index (χ3v) is 2.49. The second-order valence-electron chi connectivity index (χ2n) is 3.37. The lowest BCUT2D eigenvalue weighted by atomic mass is 9.93. The number of likely N-dealkylation sites (N-methyl/N-ethyl adjacent to an activating group) is 1. The molecule has 0 saturated heterocycles. The standard InChI is InChI=1S/C11H23NO/c1-6-10(12-8-3)11(5,7-2)13-9-4/h6,10,12H,1,7-9H2,2-5H3. The monoisotopic (exact) mass is 185 g/mol. The zero-order valence-corrected chi connectivity index (χ0v) is 9.39. The Morgan fingerprint density at radius 1 is 1.46 bits per heavy atom. The quantitative estimate of drug-likeness (QED) is 0.615. The van der Waals surface area contributed by atoms with Gasteiger partial charge in [-0.05, 0) is 26.8 Å². The van der Waals surface area contributed by atoms with E-state index in [0.29, 0.717) is 0 Å². The molecule has 0 radical (unpaired) electrons. The highest BCUT2D eigenvalue weighted by Crippen LogP contribution is 2.20. The number of hydrogen-bond donors (Lipinski definition) is 1. The minimum Gasteiger partial charge on any atom is -0.374 e. The van der Waals surface area contributed by atoms with Gasteiger partial charge in [-0.2, -0.15) is 0 Å². The molecule has 2 heteroatoms. The van der Waals surface area contributed by atoms with Crippen molar-refractivity contribution in [1.82, 2.24) is 5.32 Å². The summed E-state index contributed by atoms with van der Waals surface area (Å²) in [7, 11) is 0. The Hall–Kier alpha value is -0.340. The molecule has 0 spiro atoms. The lowest BCUT2D eigenvalue weighted by molar-refractivity contribution is -0.0436. The van der Waals surface area contributed by atoms with Gasteiger partial charge >= 0.3 is 0 Å². The van der Waals surface area contributed by atoms with Gasteiger partial charge in [0, 0.05) is 6.61 Å². The molecule has 0 fully saturated rings. The molecule has 0 aromatic heterocycles. The molecular weight excluding hydrogens is 162 g/mol. The Labute approximate surface area is 82.4 Å². The molecule has 0 heterocycles. The number of rotatable bonds is 7. The fourth-order valence-corrected chi connectivity index (χ4v) is 1.51. The van der Waals surface area contributed by atoms with Gasteiger partial charge in [0.1, 0.15) is 0 Å². The third kappa shape index (κ3) is 3.49. The summed E-state index contributed by atoms with van der Waals surface area (Å²) in [6.45, 7) is 13.9. The second kappa shape index (κ2) is 6.17. The molecule has 0 aromatic rings. The van der Waals surface area contributed by atoms with E-state index in [0.717, 1.165) is 19.6 Å². The van der Waals surface area contributed by atoms with E-state index in [-0.39, 0.29) is 11.6 Å². The van der Waals surface area contributed by atoms with E-state index in [1.807, 2.05) is 13.0 Å². The van der Waals surface area contributed by atoms with Crippen molar-refractivity contribution in [3.8, 4) is 0 Å². The van der Waals surface area contributed by atoms with Crippen LogP contribution in [0.3, 0.4) is 0 Å². The van der Waals surface area contributed by atoms with Crippen molar-refractivity contribution in [1.29, 1.82) is 0 Å². The molecule has 0 aliphatic heterocycles. The van der Waals surface area contributed by atoms with E-state index < -0.39 is 0 Å². The summed E-state index contributed by atoms with van der Waals surface area (Å²) in [4.78, 5) is 0. The first-order chi connectivity index (χ1) is 6.14. The van der Waals surface area contributed by atoms with Crippen LogP contribution < -0.4 is 5.32 Å². The Morgan fingerprint density at radius 3 is 2.38 bits per heavy atom. The zero-order chi connectivity index (χ0) is 10.3. The highest BCUT2D eigenvalue weighted by atomic mass is 16.5. The molecule has 2 atom stereocenters. The van der Waals surface area contributed by atoms with Crippen molar-refractivity contribution >= 4 is 0 Å². The van der Waals surface area contributed by atoms with Crippen LogP contribution >= 0.6 is 0 Å². The first-order valence-corrected chi connectivity index (χ1v) is 5.14. The zero-order valence-electron chi connectivity index (χ0n) is 9.39. The highest BCUT2D eigenvalue weighted by molar-refractivity contribution is 4.99. The molecular formula is C11H23NO. The maximum Gasteiger partial charge on any atom is 0.0839 e. The topological polar surface area (TPSA) is 21.3 Å². The fourth-order valence-electron chi connectivity index (χ4n) is 1.51. The van der Waals surface area contributed by atoms with Crippen LogP contribution in [0.25, 0.3) is 0 Å². The lowest BCUT2D eigenvalue weighted by Crippen LogP contribution is -2.49. The third-order valence-electron chi connectivity index (χ3n) is 2.49. The Balaban J connectivity index is 4.38. The Morgan fingerprint density at radius 2 is 2.08 bits per heavy atom. The van der Waals surface area contributed by atoms with Crippen LogP contribution in [0, 0.1) is 0 Å². The first kappa shape index (κ1) is 12.7. The van der Waals surface area contributed by atoms with Gasteiger partial charge in [0.25, 0.3) is 0 Å². The number of hydrogen-bond acceptors (Lipinski definition) is 2. The van der Waals surface area contributed by atoms with Crippen molar-refractivity contribution in [2.75, 3.05) is 13.2 Å². The first-order valence-electron chi connectivity index (χ1n) is 5.14. The molecule has 13 heavy (non-hydrogen) atoms.